The van der Waals surface area contributed by atoms with Crippen molar-refractivity contribution < 1.29 is 4.79 Å². The molecule has 122 valence electrons. The fraction of sp³-hybridized carbons (Fsp3) is 0.562. The minimum atomic E-state index is -0.411. The van der Waals surface area contributed by atoms with Crippen LogP contribution in [0.25, 0.3) is 0 Å². The van der Waals surface area contributed by atoms with Crippen LogP contribution in [-0.4, -0.2) is 25.0 Å². The van der Waals surface area contributed by atoms with Gasteiger partial charge in [0.25, 0.3) is 0 Å². The van der Waals surface area contributed by atoms with Crippen molar-refractivity contribution in [3.63, 3.8) is 0 Å². The molecular formula is C16H21Cl3N2O. The van der Waals surface area contributed by atoms with Crippen molar-refractivity contribution in [2.75, 3.05) is 13.1 Å². The summed E-state index contributed by atoms with van der Waals surface area (Å²) in [7, 11) is 0. The Kier molecular flexibility index (Phi) is 6.00. The van der Waals surface area contributed by atoms with Gasteiger partial charge in [0.05, 0.1) is 15.5 Å². The number of hydrogen-bond donors (Lipinski definition) is 2. The molecule has 1 aromatic carbocycles. The molecule has 0 radical (unpaired) electrons. The maximum Gasteiger partial charge on any atom is 0.230 e. The molecule has 6 heteroatoms. The Morgan fingerprint density at radius 3 is 2.55 bits per heavy atom. The summed E-state index contributed by atoms with van der Waals surface area (Å²) in [5.41, 5.74) is 0.579. The monoisotopic (exact) mass is 362 g/mol. The van der Waals surface area contributed by atoms with Crippen molar-refractivity contribution in [1.29, 1.82) is 0 Å². The Bertz CT molecular complexity index is 540. The normalized spacial score (nSPS) is 23.1. The molecule has 1 unspecified atom stereocenters. The average Bonchev–Trinajstić information content (AvgIpc) is 2.42. The van der Waals surface area contributed by atoms with Crippen LogP contribution in [0.4, 0.5) is 0 Å². The summed E-state index contributed by atoms with van der Waals surface area (Å²) in [6, 6.07) is 5.81. The van der Waals surface area contributed by atoms with E-state index in [0.717, 1.165) is 50.8 Å². The molecular weight excluding hydrogens is 343 g/mol. The van der Waals surface area contributed by atoms with Gasteiger partial charge in [0.1, 0.15) is 0 Å². The number of carbonyl (C=O) groups excluding carboxylic acids is 1. The smallest absolute Gasteiger partial charge is 0.230 e. The lowest BCUT2D eigenvalue weighted by Gasteiger charge is -2.42. The summed E-state index contributed by atoms with van der Waals surface area (Å²) in [5, 5.41) is 7.60. The van der Waals surface area contributed by atoms with Gasteiger partial charge in [-0.2, -0.15) is 0 Å². The van der Waals surface area contributed by atoms with E-state index in [4.69, 9.17) is 23.2 Å². The van der Waals surface area contributed by atoms with Gasteiger partial charge in [0.2, 0.25) is 5.91 Å². The molecule has 2 fully saturated rings. The van der Waals surface area contributed by atoms with Crippen LogP contribution in [0.15, 0.2) is 18.2 Å². The third kappa shape index (κ3) is 3.38. The van der Waals surface area contributed by atoms with Gasteiger partial charge in [-0.3, -0.25) is 4.79 Å². The molecule has 1 amide bonds. The molecule has 0 aromatic heterocycles. The van der Waals surface area contributed by atoms with Gasteiger partial charge >= 0.3 is 0 Å². The lowest BCUT2D eigenvalue weighted by molar-refractivity contribution is -0.130. The summed E-state index contributed by atoms with van der Waals surface area (Å²) in [5.74, 6) is 0.140. The second-order valence-corrected chi connectivity index (χ2v) is 6.90. The highest BCUT2D eigenvalue weighted by atomic mass is 35.5. The van der Waals surface area contributed by atoms with Crippen LogP contribution >= 0.6 is 35.6 Å². The third-order valence-electron chi connectivity index (χ3n) is 4.75. The molecule has 1 aromatic rings. The molecule has 0 spiro atoms. The zero-order valence-electron chi connectivity index (χ0n) is 12.3. The Balaban J connectivity index is 0.00000176. The van der Waals surface area contributed by atoms with Crippen LogP contribution in [0.1, 0.15) is 37.7 Å². The number of benzene rings is 1. The first-order valence-corrected chi connectivity index (χ1v) is 8.35. The molecule has 1 aliphatic carbocycles. The molecule has 1 aliphatic heterocycles. The maximum absolute atomic E-state index is 12.8. The quantitative estimate of drug-likeness (QED) is 0.859. The highest BCUT2D eigenvalue weighted by molar-refractivity contribution is 6.42. The van der Waals surface area contributed by atoms with Gasteiger partial charge in [-0.1, -0.05) is 35.7 Å². The number of nitrogens with one attached hydrogen (secondary N) is 2. The summed E-state index contributed by atoms with van der Waals surface area (Å²) in [6.07, 6.45) is 5.02. The minimum Gasteiger partial charge on any atom is -0.351 e. The molecule has 3 nitrogen and oxygen atoms in total. The van der Waals surface area contributed by atoms with Gasteiger partial charge in [-0.15, -0.1) is 12.4 Å². The zero-order valence-corrected chi connectivity index (χ0v) is 14.7. The van der Waals surface area contributed by atoms with E-state index < -0.39 is 5.41 Å². The fourth-order valence-corrected chi connectivity index (χ4v) is 3.57. The molecule has 3 rings (SSSR count). The first-order chi connectivity index (χ1) is 10.1. The van der Waals surface area contributed by atoms with Crippen molar-refractivity contribution in [3.8, 4) is 0 Å². The Labute approximate surface area is 147 Å². The molecule has 1 heterocycles. The van der Waals surface area contributed by atoms with E-state index in [-0.39, 0.29) is 24.4 Å². The molecule has 1 atom stereocenters. The summed E-state index contributed by atoms with van der Waals surface area (Å²) in [4.78, 5) is 12.8. The van der Waals surface area contributed by atoms with Crippen LogP contribution in [0.3, 0.4) is 0 Å². The van der Waals surface area contributed by atoms with E-state index in [1.165, 1.54) is 0 Å². The first kappa shape index (κ1) is 17.9. The lowest BCUT2D eigenvalue weighted by Crippen LogP contribution is -2.55. The Morgan fingerprint density at radius 2 is 2.00 bits per heavy atom. The molecule has 2 aliphatic rings. The van der Waals surface area contributed by atoms with Crippen LogP contribution in [0.5, 0.6) is 0 Å². The largest absolute Gasteiger partial charge is 0.351 e. The van der Waals surface area contributed by atoms with E-state index in [2.05, 4.69) is 10.6 Å². The topological polar surface area (TPSA) is 41.1 Å². The van der Waals surface area contributed by atoms with E-state index in [9.17, 15) is 4.79 Å². The predicted molar refractivity (Wildman–Crippen MR) is 93.3 cm³/mol. The summed E-state index contributed by atoms with van der Waals surface area (Å²) in [6.45, 7) is 1.91. The average molecular weight is 364 g/mol. The van der Waals surface area contributed by atoms with Crippen molar-refractivity contribution in [2.45, 2.75) is 43.6 Å². The third-order valence-corrected chi connectivity index (χ3v) is 5.49. The number of carbonyl (C=O) groups is 1. The van der Waals surface area contributed by atoms with E-state index in [0.29, 0.717) is 10.0 Å². The second-order valence-electron chi connectivity index (χ2n) is 6.08. The Hall–Kier alpha value is -0.480. The predicted octanol–water partition coefficient (Wildman–Crippen LogP) is 3.71. The highest BCUT2D eigenvalue weighted by Gasteiger charge is 2.46. The van der Waals surface area contributed by atoms with Crippen LogP contribution in [-0.2, 0) is 10.2 Å². The molecule has 2 N–H and O–H groups in total. The standard InChI is InChI=1S/C16H20Cl2N2O.ClH/c17-13-5-4-11(9-14(13)18)16(6-2-7-16)15(21)20-12-3-1-8-19-10-12;/h4-5,9,12,19H,1-3,6-8,10H2,(H,20,21);1H. The molecule has 1 saturated carbocycles. The summed E-state index contributed by atoms with van der Waals surface area (Å²) < 4.78 is 0. The van der Waals surface area contributed by atoms with Gasteiger partial charge in [-0.05, 0) is 49.9 Å². The second kappa shape index (κ2) is 7.39. The highest BCUT2D eigenvalue weighted by Crippen LogP contribution is 2.45. The van der Waals surface area contributed by atoms with E-state index >= 15 is 0 Å². The Morgan fingerprint density at radius 1 is 1.23 bits per heavy atom. The van der Waals surface area contributed by atoms with Crippen molar-refractivity contribution in [2.24, 2.45) is 0 Å². The zero-order chi connectivity index (χ0) is 14.9. The number of rotatable bonds is 3. The van der Waals surface area contributed by atoms with Gasteiger partial charge in [-0.25, -0.2) is 0 Å². The van der Waals surface area contributed by atoms with Crippen LogP contribution in [0.2, 0.25) is 10.0 Å². The van der Waals surface area contributed by atoms with Crippen LogP contribution < -0.4 is 10.6 Å². The van der Waals surface area contributed by atoms with Crippen molar-refractivity contribution >= 4 is 41.5 Å². The number of halogens is 3. The van der Waals surface area contributed by atoms with Crippen LogP contribution in [0, 0.1) is 0 Å². The summed E-state index contributed by atoms with van der Waals surface area (Å²) >= 11 is 12.1. The van der Waals surface area contributed by atoms with Gasteiger partial charge < -0.3 is 10.6 Å². The molecule has 22 heavy (non-hydrogen) atoms. The number of amides is 1. The first-order valence-electron chi connectivity index (χ1n) is 7.59. The van der Waals surface area contributed by atoms with E-state index in [1.54, 1.807) is 6.07 Å². The fourth-order valence-electron chi connectivity index (χ4n) is 3.27. The molecule has 0 bridgehead atoms. The maximum atomic E-state index is 12.8. The van der Waals surface area contributed by atoms with Crippen molar-refractivity contribution in [1.82, 2.24) is 10.6 Å². The molecule has 1 saturated heterocycles. The lowest BCUT2D eigenvalue weighted by atomic mass is 9.63. The number of piperidine rings is 1. The van der Waals surface area contributed by atoms with Crippen molar-refractivity contribution in [3.05, 3.63) is 33.8 Å². The van der Waals surface area contributed by atoms with Gasteiger partial charge in [0.15, 0.2) is 0 Å². The number of hydrogen-bond acceptors (Lipinski definition) is 2. The SMILES string of the molecule is Cl.O=C(NC1CCCNC1)C1(c2ccc(Cl)c(Cl)c2)CCC1. The minimum absolute atomic E-state index is 0. The van der Waals surface area contributed by atoms with Gasteiger partial charge in [0, 0.05) is 12.6 Å². The van der Waals surface area contributed by atoms with E-state index in [1.807, 2.05) is 12.1 Å².